The number of hydrogen-bond acceptors (Lipinski definition) is 1. The molecule has 0 unspecified atom stereocenters. The van der Waals surface area contributed by atoms with Crippen LogP contribution >= 0.6 is 0 Å². The average Bonchev–Trinajstić information content (AvgIpc) is 3.81. The summed E-state index contributed by atoms with van der Waals surface area (Å²) in [7, 11) is 0. The molecular formula is C70H48N2. The maximum Gasteiger partial charge on any atom is 0.0547 e. The van der Waals surface area contributed by atoms with Crippen LogP contribution in [0.2, 0.25) is 0 Å². The number of nitrogens with zero attached hydrogens (tertiary/aromatic N) is 2. The lowest BCUT2D eigenvalue weighted by Crippen LogP contribution is -2.10. The normalized spacial score (nSPS) is 11.3. The van der Waals surface area contributed by atoms with Crippen molar-refractivity contribution in [2.75, 3.05) is 4.90 Å². The van der Waals surface area contributed by atoms with E-state index in [-0.39, 0.29) is 0 Å². The number of hydrogen-bond donors (Lipinski definition) is 0. The zero-order chi connectivity index (χ0) is 47.8. The van der Waals surface area contributed by atoms with Crippen molar-refractivity contribution in [3.05, 3.63) is 291 Å². The second kappa shape index (κ2) is 18.4. The molecule has 13 rings (SSSR count). The molecule has 0 saturated heterocycles. The summed E-state index contributed by atoms with van der Waals surface area (Å²) in [5, 5.41) is 5.02. The third-order valence-corrected chi connectivity index (χ3v) is 14.2. The number of fused-ring (bicyclic) bond motifs is 4. The summed E-state index contributed by atoms with van der Waals surface area (Å²) in [6.07, 6.45) is 0. The first kappa shape index (κ1) is 42.6. The first-order valence-electron chi connectivity index (χ1n) is 24.7. The van der Waals surface area contributed by atoms with E-state index < -0.39 is 0 Å². The van der Waals surface area contributed by atoms with Crippen LogP contribution in [0.15, 0.2) is 291 Å². The number of para-hydroxylation sites is 2. The summed E-state index contributed by atoms with van der Waals surface area (Å²) in [4.78, 5) is 2.38. The fraction of sp³-hybridized carbons (Fsp3) is 0. The van der Waals surface area contributed by atoms with E-state index >= 15 is 0 Å². The minimum absolute atomic E-state index is 1.08. The van der Waals surface area contributed by atoms with E-state index in [0.717, 1.165) is 33.9 Å². The Balaban J connectivity index is 0.881. The van der Waals surface area contributed by atoms with Crippen LogP contribution in [0.5, 0.6) is 0 Å². The van der Waals surface area contributed by atoms with Crippen molar-refractivity contribution in [3.8, 4) is 72.4 Å². The minimum atomic E-state index is 1.08. The van der Waals surface area contributed by atoms with Crippen molar-refractivity contribution >= 4 is 49.6 Å². The summed E-state index contributed by atoms with van der Waals surface area (Å²) in [6, 6.07) is 106. The SMILES string of the molecule is c1ccc(-c2ccccc2-c2ccc(N(c3ccc(-c4ccc(-c5cccc6ccccc56)cc4)cc3)c3cccc(-c4cccc(-c5cccc6c5c5ccccc5n6-c5ccccc5)c4)c3)cc2)cc1. The highest BCUT2D eigenvalue weighted by Crippen LogP contribution is 2.43. The van der Waals surface area contributed by atoms with Crippen LogP contribution in [0.3, 0.4) is 0 Å². The molecule has 0 aliphatic rings. The van der Waals surface area contributed by atoms with Crippen molar-refractivity contribution in [1.82, 2.24) is 4.57 Å². The van der Waals surface area contributed by atoms with Gasteiger partial charge in [0.15, 0.2) is 0 Å². The number of rotatable bonds is 10. The summed E-state index contributed by atoms with van der Waals surface area (Å²) >= 11 is 0. The molecule has 0 bridgehead atoms. The molecule has 1 heterocycles. The molecule has 0 aliphatic heterocycles. The zero-order valence-corrected chi connectivity index (χ0v) is 39.6. The van der Waals surface area contributed by atoms with Crippen LogP contribution in [0.1, 0.15) is 0 Å². The summed E-state index contributed by atoms with van der Waals surface area (Å²) in [6.45, 7) is 0. The smallest absolute Gasteiger partial charge is 0.0547 e. The highest BCUT2D eigenvalue weighted by atomic mass is 15.1. The van der Waals surface area contributed by atoms with Gasteiger partial charge in [0.1, 0.15) is 0 Å². The molecule has 0 atom stereocenters. The van der Waals surface area contributed by atoms with Crippen molar-refractivity contribution in [2.45, 2.75) is 0 Å². The van der Waals surface area contributed by atoms with Crippen molar-refractivity contribution < 1.29 is 0 Å². The van der Waals surface area contributed by atoms with Gasteiger partial charge in [0.25, 0.3) is 0 Å². The zero-order valence-electron chi connectivity index (χ0n) is 39.6. The molecule has 338 valence electrons. The third kappa shape index (κ3) is 7.82. The molecule has 0 N–H and O–H groups in total. The monoisotopic (exact) mass is 916 g/mol. The van der Waals surface area contributed by atoms with Crippen molar-refractivity contribution in [3.63, 3.8) is 0 Å². The van der Waals surface area contributed by atoms with Crippen LogP contribution in [0.25, 0.3) is 105 Å². The molecule has 12 aromatic carbocycles. The highest BCUT2D eigenvalue weighted by Gasteiger charge is 2.19. The molecule has 0 aliphatic carbocycles. The topological polar surface area (TPSA) is 8.17 Å². The van der Waals surface area contributed by atoms with Crippen molar-refractivity contribution in [2.24, 2.45) is 0 Å². The summed E-state index contributed by atoms with van der Waals surface area (Å²) in [5.41, 5.74) is 21.1. The number of benzene rings is 12. The Morgan fingerprint density at radius 2 is 0.681 bits per heavy atom. The Kier molecular flexibility index (Phi) is 10.9. The first-order chi connectivity index (χ1) is 35.7. The van der Waals surface area contributed by atoms with E-state index in [1.54, 1.807) is 0 Å². The lowest BCUT2D eigenvalue weighted by atomic mass is 9.94. The fourth-order valence-electron chi connectivity index (χ4n) is 10.8. The molecule has 0 amide bonds. The van der Waals surface area contributed by atoms with Crippen LogP contribution in [0, 0.1) is 0 Å². The van der Waals surface area contributed by atoms with E-state index in [1.807, 2.05) is 0 Å². The van der Waals surface area contributed by atoms with Gasteiger partial charge in [-0.15, -0.1) is 0 Å². The highest BCUT2D eigenvalue weighted by molar-refractivity contribution is 6.16. The number of aromatic nitrogens is 1. The quantitative estimate of drug-likeness (QED) is 0.133. The van der Waals surface area contributed by atoms with Gasteiger partial charge in [-0.1, -0.05) is 224 Å². The molecule has 13 aromatic rings. The van der Waals surface area contributed by atoms with Crippen LogP contribution in [-0.2, 0) is 0 Å². The number of anilines is 3. The molecule has 0 saturated carbocycles. The van der Waals surface area contributed by atoms with Gasteiger partial charge in [0.2, 0.25) is 0 Å². The Morgan fingerprint density at radius 3 is 1.42 bits per heavy atom. The summed E-state index contributed by atoms with van der Waals surface area (Å²) < 4.78 is 2.39. The molecule has 2 heteroatoms. The maximum absolute atomic E-state index is 2.39. The van der Waals surface area contributed by atoms with Gasteiger partial charge in [-0.2, -0.15) is 0 Å². The largest absolute Gasteiger partial charge is 0.310 e. The second-order valence-electron chi connectivity index (χ2n) is 18.5. The lowest BCUT2D eigenvalue weighted by molar-refractivity contribution is 1.18. The van der Waals surface area contributed by atoms with Crippen LogP contribution < -0.4 is 4.90 Å². The second-order valence-corrected chi connectivity index (χ2v) is 18.5. The summed E-state index contributed by atoms with van der Waals surface area (Å²) in [5.74, 6) is 0. The third-order valence-electron chi connectivity index (χ3n) is 14.2. The van der Waals surface area contributed by atoms with E-state index in [2.05, 4.69) is 301 Å². The Labute approximate surface area is 420 Å². The molecule has 2 nitrogen and oxygen atoms in total. The van der Waals surface area contributed by atoms with Gasteiger partial charge in [0.05, 0.1) is 11.0 Å². The van der Waals surface area contributed by atoms with Gasteiger partial charge in [-0.3, -0.25) is 0 Å². The van der Waals surface area contributed by atoms with E-state index in [4.69, 9.17) is 0 Å². The van der Waals surface area contributed by atoms with Crippen LogP contribution in [-0.4, -0.2) is 4.57 Å². The lowest BCUT2D eigenvalue weighted by Gasteiger charge is -2.26. The van der Waals surface area contributed by atoms with Gasteiger partial charge >= 0.3 is 0 Å². The maximum atomic E-state index is 2.39. The molecule has 0 radical (unpaired) electrons. The molecule has 1 aromatic heterocycles. The van der Waals surface area contributed by atoms with Gasteiger partial charge < -0.3 is 9.47 Å². The first-order valence-corrected chi connectivity index (χ1v) is 24.7. The molecule has 0 fully saturated rings. The Morgan fingerprint density at radius 1 is 0.236 bits per heavy atom. The van der Waals surface area contributed by atoms with Gasteiger partial charge in [-0.05, 0) is 144 Å². The molecular weight excluding hydrogens is 869 g/mol. The van der Waals surface area contributed by atoms with Gasteiger partial charge in [-0.25, -0.2) is 0 Å². The standard InChI is InChI=1S/C70H48N2/c1-3-17-51(18-4-1)62-28-9-10-29-64(62)54-41-45-60(46-42-54)71(59-43-39-50(40-44-59)49-35-37-53(38-36-49)65-31-15-20-52-19-7-8-27-63(52)65)61-26-14-22-56(48-61)55-21-13-23-57(47-55)66-32-16-34-69-70(66)67-30-11-12-33-68(67)72(69)58-24-5-2-6-25-58/h1-48H. The van der Waals surface area contributed by atoms with E-state index in [1.165, 1.54) is 88.2 Å². The fourth-order valence-corrected chi connectivity index (χ4v) is 10.8. The Hall–Kier alpha value is -9.50. The van der Waals surface area contributed by atoms with Gasteiger partial charge in [0, 0.05) is 33.5 Å². The van der Waals surface area contributed by atoms with Crippen molar-refractivity contribution in [1.29, 1.82) is 0 Å². The minimum Gasteiger partial charge on any atom is -0.310 e. The van der Waals surface area contributed by atoms with Crippen LogP contribution in [0.4, 0.5) is 17.1 Å². The molecule has 0 spiro atoms. The average molecular weight is 917 g/mol. The predicted molar refractivity (Wildman–Crippen MR) is 306 cm³/mol. The molecule has 72 heavy (non-hydrogen) atoms. The predicted octanol–water partition coefficient (Wildman–Crippen LogP) is 19.4. The Bertz CT molecular complexity index is 4050. The van der Waals surface area contributed by atoms with E-state index in [0.29, 0.717) is 0 Å². The van der Waals surface area contributed by atoms with E-state index in [9.17, 15) is 0 Å².